The number of aryl methyl sites for hydroxylation is 2. The lowest BCUT2D eigenvalue weighted by molar-refractivity contribution is -0.184. The number of carbonyl (C=O) groups excluding carboxylic acids is 2. The molecule has 0 N–H and O–H groups in total. The van der Waals surface area contributed by atoms with E-state index in [4.69, 9.17) is 4.74 Å². The predicted molar refractivity (Wildman–Crippen MR) is 108 cm³/mol. The first-order valence-electron chi connectivity index (χ1n) is 9.55. The van der Waals surface area contributed by atoms with Crippen molar-refractivity contribution in [3.63, 3.8) is 0 Å². The first kappa shape index (κ1) is 19.5. The molecule has 2 aromatic rings. The van der Waals surface area contributed by atoms with Crippen molar-refractivity contribution in [2.24, 2.45) is 0 Å². The summed E-state index contributed by atoms with van der Waals surface area (Å²) in [7, 11) is 0. The average Bonchev–Trinajstić information content (AvgIpc) is 2.60. The molecule has 0 unspecified atom stereocenters. The first-order valence-corrected chi connectivity index (χ1v) is 9.55. The maximum atomic E-state index is 13.2. The van der Waals surface area contributed by atoms with Crippen molar-refractivity contribution in [2.45, 2.75) is 65.1 Å². The van der Waals surface area contributed by atoms with Crippen LogP contribution in [0.15, 0.2) is 42.5 Å². The molecule has 0 saturated carbocycles. The van der Waals surface area contributed by atoms with Gasteiger partial charge in [-0.2, -0.15) is 0 Å². The van der Waals surface area contributed by atoms with Crippen LogP contribution in [0.25, 0.3) is 11.1 Å². The number of carbonyl (C=O) groups is 2. The van der Waals surface area contributed by atoms with Crippen molar-refractivity contribution in [1.29, 1.82) is 0 Å². The molecule has 27 heavy (non-hydrogen) atoms. The van der Waals surface area contributed by atoms with Gasteiger partial charge in [0.25, 0.3) is 0 Å². The van der Waals surface area contributed by atoms with Crippen molar-refractivity contribution in [2.75, 3.05) is 0 Å². The summed E-state index contributed by atoms with van der Waals surface area (Å²) in [6.07, 6.45) is 0.766. The van der Waals surface area contributed by atoms with Gasteiger partial charge in [0.1, 0.15) is 17.1 Å². The second kappa shape index (κ2) is 6.72. The summed E-state index contributed by atoms with van der Waals surface area (Å²) in [4.78, 5) is 26.3. The quantitative estimate of drug-likeness (QED) is 0.717. The molecule has 0 amide bonds. The molecule has 0 radical (unpaired) electrons. The van der Waals surface area contributed by atoms with Crippen LogP contribution in [-0.2, 0) is 20.7 Å². The van der Waals surface area contributed by atoms with Gasteiger partial charge in [0, 0.05) is 0 Å². The Hall–Kier alpha value is -2.26. The van der Waals surface area contributed by atoms with Gasteiger partial charge in [-0.3, -0.25) is 9.59 Å². The molecule has 0 aliphatic carbocycles. The van der Waals surface area contributed by atoms with Crippen LogP contribution >= 0.6 is 0 Å². The van der Waals surface area contributed by atoms with Crippen molar-refractivity contribution in [1.82, 2.24) is 0 Å². The fourth-order valence-electron chi connectivity index (χ4n) is 3.95. The monoisotopic (exact) mass is 364 g/mol. The predicted octanol–water partition coefficient (Wildman–Crippen LogP) is 5.03. The standard InChI is InChI=1S/C24H28O3/c1-7-16-12-13-18(17-10-8-15(2)9-11-17)14-19(16)20-21(25)23(3,4)27-24(5,6)22(20)26/h8-14,20H,7H2,1-6H3. The number of Topliss-reactive ketones (excluding diaryl/α,β-unsaturated/α-hetero) is 2. The maximum Gasteiger partial charge on any atom is 0.179 e. The van der Waals surface area contributed by atoms with Gasteiger partial charge >= 0.3 is 0 Å². The van der Waals surface area contributed by atoms with Gasteiger partial charge in [-0.25, -0.2) is 0 Å². The van der Waals surface area contributed by atoms with E-state index in [1.165, 1.54) is 5.56 Å². The van der Waals surface area contributed by atoms with Crippen molar-refractivity contribution < 1.29 is 14.3 Å². The van der Waals surface area contributed by atoms with Gasteiger partial charge in [0.15, 0.2) is 11.6 Å². The number of benzene rings is 2. The van der Waals surface area contributed by atoms with Gasteiger partial charge in [-0.1, -0.05) is 48.9 Å². The van der Waals surface area contributed by atoms with Gasteiger partial charge in [0.2, 0.25) is 0 Å². The lowest BCUT2D eigenvalue weighted by atomic mass is 9.73. The number of hydrogen-bond donors (Lipinski definition) is 0. The normalized spacial score (nSPS) is 19.3. The summed E-state index contributed by atoms with van der Waals surface area (Å²) in [6, 6.07) is 14.4. The topological polar surface area (TPSA) is 43.4 Å². The molecule has 1 fully saturated rings. The minimum absolute atomic E-state index is 0.164. The molecule has 1 aliphatic heterocycles. The van der Waals surface area contributed by atoms with Gasteiger partial charge < -0.3 is 4.74 Å². The Morgan fingerprint density at radius 2 is 1.37 bits per heavy atom. The highest BCUT2D eigenvalue weighted by atomic mass is 16.5. The summed E-state index contributed by atoms with van der Waals surface area (Å²) >= 11 is 0. The van der Waals surface area contributed by atoms with Crippen molar-refractivity contribution in [3.8, 4) is 11.1 Å². The second-order valence-electron chi connectivity index (χ2n) is 8.42. The van der Waals surface area contributed by atoms with Gasteiger partial charge in [-0.05, 0) is 69.4 Å². The third-order valence-electron chi connectivity index (χ3n) is 5.44. The number of rotatable bonds is 3. The molecule has 1 saturated heterocycles. The zero-order valence-corrected chi connectivity index (χ0v) is 17.1. The largest absolute Gasteiger partial charge is 0.354 e. The minimum atomic E-state index is -0.993. The Morgan fingerprint density at radius 3 is 1.89 bits per heavy atom. The fraction of sp³-hybridized carbons (Fsp3) is 0.417. The van der Waals surface area contributed by atoms with E-state index in [1.54, 1.807) is 27.7 Å². The third kappa shape index (κ3) is 3.49. The Balaban J connectivity index is 2.16. The number of ether oxygens (including phenoxy) is 1. The maximum absolute atomic E-state index is 13.2. The Labute approximate surface area is 161 Å². The van der Waals surface area contributed by atoms with Crippen molar-refractivity contribution in [3.05, 3.63) is 59.2 Å². The van der Waals surface area contributed by atoms with E-state index in [0.717, 1.165) is 28.7 Å². The minimum Gasteiger partial charge on any atom is -0.354 e. The van der Waals surface area contributed by atoms with Crippen LogP contribution in [0.3, 0.4) is 0 Å². The second-order valence-corrected chi connectivity index (χ2v) is 8.42. The Bertz CT molecular complexity index is 862. The van der Waals surface area contributed by atoms with E-state index in [0.29, 0.717) is 0 Å². The van der Waals surface area contributed by atoms with E-state index >= 15 is 0 Å². The van der Waals surface area contributed by atoms with Crippen LogP contribution in [0.2, 0.25) is 0 Å². The molecule has 0 bridgehead atoms. The van der Waals surface area contributed by atoms with Crippen LogP contribution in [0.1, 0.15) is 57.2 Å². The summed E-state index contributed by atoms with van der Waals surface area (Å²) < 4.78 is 5.84. The highest BCUT2D eigenvalue weighted by Crippen LogP contribution is 2.40. The number of hydrogen-bond acceptors (Lipinski definition) is 3. The van der Waals surface area contributed by atoms with E-state index in [-0.39, 0.29) is 11.6 Å². The zero-order chi connectivity index (χ0) is 20.0. The first-order chi connectivity index (χ1) is 12.6. The molecule has 0 atom stereocenters. The lowest BCUT2D eigenvalue weighted by Crippen LogP contribution is -2.58. The smallest absolute Gasteiger partial charge is 0.179 e. The summed E-state index contributed by atoms with van der Waals surface area (Å²) in [5, 5.41) is 0. The van der Waals surface area contributed by atoms with E-state index in [2.05, 4.69) is 44.2 Å². The van der Waals surface area contributed by atoms with Gasteiger partial charge in [-0.15, -0.1) is 0 Å². The molecule has 0 aromatic heterocycles. The Morgan fingerprint density at radius 1 is 0.852 bits per heavy atom. The molecule has 2 aromatic carbocycles. The highest BCUT2D eigenvalue weighted by Gasteiger charge is 2.53. The highest BCUT2D eigenvalue weighted by molar-refractivity contribution is 6.15. The number of ketones is 2. The molecule has 1 aliphatic rings. The van der Waals surface area contributed by atoms with Crippen LogP contribution in [0.5, 0.6) is 0 Å². The molecular weight excluding hydrogens is 336 g/mol. The van der Waals surface area contributed by atoms with Crippen molar-refractivity contribution >= 4 is 11.6 Å². The summed E-state index contributed by atoms with van der Waals surface area (Å²) in [6.45, 7) is 11.1. The van der Waals surface area contributed by atoms with Crippen LogP contribution in [0.4, 0.5) is 0 Å². The Kier molecular flexibility index (Phi) is 4.85. The molecule has 3 heteroatoms. The fourth-order valence-corrected chi connectivity index (χ4v) is 3.95. The molecular formula is C24H28O3. The summed E-state index contributed by atoms with van der Waals surface area (Å²) in [5.74, 6) is -1.12. The molecule has 142 valence electrons. The van der Waals surface area contributed by atoms with Gasteiger partial charge in [0.05, 0.1) is 0 Å². The van der Waals surface area contributed by atoms with E-state index < -0.39 is 17.1 Å². The summed E-state index contributed by atoms with van der Waals surface area (Å²) in [5.41, 5.74) is 3.16. The SMILES string of the molecule is CCc1ccc(-c2ccc(C)cc2)cc1C1C(=O)C(C)(C)OC(C)(C)C1=O. The van der Waals surface area contributed by atoms with Crippen LogP contribution in [0, 0.1) is 6.92 Å². The van der Waals surface area contributed by atoms with Crippen LogP contribution < -0.4 is 0 Å². The van der Waals surface area contributed by atoms with Crippen LogP contribution in [-0.4, -0.2) is 22.8 Å². The molecule has 3 rings (SSSR count). The average molecular weight is 364 g/mol. The molecule has 1 heterocycles. The lowest BCUT2D eigenvalue weighted by Gasteiger charge is -2.43. The van der Waals surface area contributed by atoms with E-state index in [1.807, 2.05) is 12.1 Å². The zero-order valence-electron chi connectivity index (χ0n) is 17.1. The van der Waals surface area contributed by atoms with E-state index in [9.17, 15) is 9.59 Å². The molecule has 0 spiro atoms. The third-order valence-corrected chi connectivity index (χ3v) is 5.44. The molecule has 3 nitrogen and oxygen atoms in total.